The van der Waals surface area contributed by atoms with Crippen LogP contribution < -0.4 is 5.32 Å². The first-order chi connectivity index (χ1) is 12.1. The summed E-state index contributed by atoms with van der Waals surface area (Å²) in [5, 5.41) is 3.58. The first kappa shape index (κ1) is 16.7. The summed E-state index contributed by atoms with van der Waals surface area (Å²) in [6.45, 7) is 11.3. The standard InChI is InChI=1S/C23H30N2/c1-16(2)21-8-10-24-23-7-5-18(13-22(21)23)14-25-11-9-19-6-4-17(3)12-20(19)15-25/h4-7,12-13,16,21,24H,8-11,14-15H2,1-3H3. The zero-order valence-corrected chi connectivity index (χ0v) is 15.8. The van der Waals surface area contributed by atoms with E-state index >= 15 is 0 Å². The van der Waals surface area contributed by atoms with Crippen molar-refractivity contribution < 1.29 is 0 Å². The van der Waals surface area contributed by atoms with Gasteiger partial charge in [0.25, 0.3) is 0 Å². The van der Waals surface area contributed by atoms with Crippen LogP contribution >= 0.6 is 0 Å². The average molecular weight is 335 g/mol. The van der Waals surface area contributed by atoms with E-state index in [1.165, 1.54) is 52.9 Å². The molecule has 2 aliphatic heterocycles. The summed E-state index contributed by atoms with van der Waals surface area (Å²) in [4.78, 5) is 2.60. The summed E-state index contributed by atoms with van der Waals surface area (Å²) in [6.07, 6.45) is 2.43. The largest absolute Gasteiger partial charge is 0.385 e. The lowest BCUT2D eigenvalue weighted by molar-refractivity contribution is 0.245. The van der Waals surface area contributed by atoms with Gasteiger partial charge in [0.2, 0.25) is 0 Å². The number of fused-ring (bicyclic) bond motifs is 2. The molecule has 0 aliphatic carbocycles. The van der Waals surface area contributed by atoms with Crippen molar-refractivity contribution in [3.8, 4) is 0 Å². The Labute approximate surface area is 152 Å². The van der Waals surface area contributed by atoms with Crippen molar-refractivity contribution >= 4 is 5.69 Å². The minimum atomic E-state index is 0.695. The van der Waals surface area contributed by atoms with Gasteiger partial charge in [-0.15, -0.1) is 0 Å². The topological polar surface area (TPSA) is 15.3 Å². The van der Waals surface area contributed by atoms with Gasteiger partial charge < -0.3 is 5.32 Å². The van der Waals surface area contributed by atoms with Crippen molar-refractivity contribution in [2.75, 3.05) is 18.4 Å². The van der Waals surface area contributed by atoms with E-state index < -0.39 is 0 Å². The minimum absolute atomic E-state index is 0.695. The molecule has 1 atom stereocenters. The normalized spacial score (nSPS) is 20.1. The predicted molar refractivity (Wildman–Crippen MR) is 106 cm³/mol. The smallest absolute Gasteiger partial charge is 0.0375 e. The molecule has 132 valence electrons. The van der Waals surface area contributed by atoms with Crippen LogP contribution in [-0.4, -0.2) is 18.0 Å². The highest BCUT2D eigenvalue weighted by Gasteiger charge is 2.23. The highest BCUT2D eigenvalue weighted by molar-refractivity contribution is 5.56. The van der Waals surface area contributed by atoms with Gasteiger partial charge in [-0.2, -0.15) is 0 Å². The van der Waals surface area contributed by atoms with Crippen LogP contribution in [0, 0.1) is 12.8 Å². The molecule has 2 aromatic rings. The monoisotopic (exact) mass is 334 g/mol. The van der Waals surface area contributed by atoms with Crippen LogP contribution in [-0.2, 0) is 19.5 Å². The van der Waals surface area contributed by atoms with Crippen molar-refractivity contribution in [1.82, 2.24) is 4.90 Å². The number of nitrogens with one attached hydrogen (secondary N) is 1. The van der Waals surface area contributed by atoms with Crippen LogP contribution in [0.3, 0.4) is 0 Å². The van der Waals surface area contributed by atoms with Gasteiger partial charge in [0.05, 0.1) is 0 Å². The molecule has 0 spiro atoms. The maximum absolute atomic E-state index is 3.58. The van der Waals surface area contributed by atoms with E-state index in [2.05, 4.69) is 67.4 Å². The van der Waals surface area contributed by atoms with Crippen LogP contribution in [0.2, 0.25) is 0 Å². The Balaban J connectivity index is 1.53. The van der Waals surface area contributed by atoms with Crippen molar-refractivity contribution in [1.29, 1.82) is 0 Å². The van der Waals surface area contributed by atoms with Gasteiger partial charge >= 0.3 is 0 Å². The van der Waals surface area contributed by atoms with E-state index in [0.29, 0.717) is 11.8 Å². The third-order valence-electron chi connectivity index (χ3n) is 5.95. The molecule has 0 saturated heterocycles. The second-order valence-corrected chi connectivity index (χ2v) is 8.22. The molecule has 0 saturated carbocycles. The van der Waals surface area contributed by atoms with Crippen LogP contribution in [0.15, 0.2) is 36.4 Å². The summed E-state index contributed by atoms with van der Waals surface area (Å²) in [7, 11) is 0. The SMILES string of the molecule is Cc1ccc2c(c1)CN(Cc1ccc3c(c1)C(C(C)C)CCN3)CC2. The number of anilines is 1. The first-order valence-corrected chi connectivity index (χ1v) is 9.77. The van der Waals surface area contributed by atoms with Crippen molar-refractivity contribution in [3.05, 3.63) is 64.2 Å². The van der Waals surface area contributed by atoms with E-state index in [0.717, 1.165) is 19.6 Å². The van der Waals surface area contributed by atoms with E-state index in [1.54, 1.807) is 0 Å². The molecule has 2 heteroatoms. The molecule has 0 amide bonds. The van der Waals surface area contributed by atoms with Crippen LogP contribution in [0.25, 0.3) is 0 Å². The molecule has 2 aromatic carbocycles. The van der Waals surface area contributed by atoms with Gasteiger partial charge in [-0.3, -0.25) is 4.90 Å². The van der Waals surface area contributed by atoms with Crippen molar-refractivity contribution in [2.24, 2.45) is 5.92 Å². The third-order valence-corrected chi connectivity index (χ3v) is 5.95. The lowest BCUT2D eigenvalue weighted by Crippen LogP contribution is -2.30. The Morgan fingerprint density at radius 2 is 2.00 bits per heavy atom. The molecule has 1 N–H and O–H groups in total. The lowest BCUT2D eigenvalue weighted by atomic mass is 9.82. The van der Waals surface area contributed by atoms with Crippen molar-refractivity contribution in [2.45, 2.75) is 52.6 Å². The Morgan fingerprint density at radius 3 is 2.84 bits per heavy atom. The van der Waals surface area contributed by atoms with E-state index in [-0.39, 0.29) is 0 Å². The maximum atomic E-state index is 3.58. The van der Waals surface area contributed by atoms with Gasteiger partial charge in [0.15, 0.2) is 0 Å². The summed E-state index contributed by atoms with van der Waals surface area (Å²) >= 11 is 0. The maximum Gasteiger partial charge on any atom is 0.0375 e. The zero-order valence-electron chi connectivity index (χ0n) is 15.8. The Kier molecular flexibility index (Phi) is 4.56. The van der Waals surface area contributed by atoms with Crippen molar-refractivity contribution in [3.63, 3.8) is 0 Å². The average Bonchev–Trinajstić information content (AvgIpc) is 2.60. The number of nitrogens with zero attached hydrogens (tertiary/aromatic N) is 1. The van der Waals surface area contributed by atoms with Gasteiger partial charge in [-0.25, -0.2) is 0 Å². The summed E-state index contributed by atoms with van der Waals surface area (Å²) < 4.78 is 0. The fourth-order valence-corrected chi connectivity index (χ4v) is 4.53. The Hall–Kier alpha value is -1.80. The van der Waals surface area contributed by atoms with E-state index in [4.69, 9.17) is 0 Å². The molecule has 25 heavy (non-hydrogen) atoms. The molecule has 0 radical (unpaired) electrons. The number of aryl methyl sites for hydroxylation is 1. The lowest BCUT2D eigenvalue weighted by Gasteiger charge is -2.32. The highest BCUT2D eigenvalue weighted by Crippen LogP contribution is 2.37. The molecule has 4 rings (SSSR count). The third kappa shape index (κ3) is 3.46. The summed E-state index contributed by atoms with van der Waals surface area (Å²) in [5.74, 6) is 1.40. The first-order valence-electron chi connectivity index (χ1n) is 9.77. The molecular formula is C23H30N2. The molecule has 2 aliphatic rings. The molecule has 2 heterocycles. The molecule has 0 bridgehead atoms. The van der Waals surface area contributed by atoms with E-state index in [9.17, 15) is 0 Å². The minimum Gasteiger partial charge on any atom is -0.385 e. The fourth-order valence-electron chi connectivity index (χ4n) is 4.53. The zero-order chi connectivity index (χ0) is 17.4. The van der Waals surface area contributed by atoms with E-state index in [1.807, 2.05) is 0 Å². The number of rotatable bonds is 3. The Morgan fingerprint density at radius 1 is 1.12 bits per heavy atom. The molecular weight excluding hydrogens is 304 g/mol. The number of benzene rings is 2. The molecule has 1 unspecified atom stereocenters. The van der Waals surface area contributed by atoms with Gasteiger partial charge in [0, 0.05) is 31.9 Å². The van der Waals surface area contributed by atoms with Crippen LogP contribution in [0.5, 0.6) is 0 Å². The van der Waals surface area contributed by atoms with Crippen LogP contribution in [0.4, 0.5) is 5.69 Å². The Bertz CT molecular complexity index is 763. The quantitative estimate of drug-likeness (QED) is 0.839. The summed E-state index contributed by atoms with van der Waals surface area (Å²) in [6, 6.07) is 14.0. The highest BCUT2D eigenvalue weighted by atomic mass is 15.1. The predicted octanol–water partition coefficient (Wildman–Crippen LogP) is 5.11. The second-order valence-electron chi connectivity index (χ2n) is 8.22. The van der Waals surface area contributed by atoms with Gasteiger partial charge in [0.1, 0.15) is 0 Å². The number of hydrogen-bond acceptors (Lipinski definition) is 2. The fraction of sp³-hybridized carbons (Fsp3) is 0.478. The van der Waals surface area contributed by atoms with Gasteiger partial charge in [-0.1, -0.05) is 49.7 Å². The second kappa shape index (κ2) is 6.84. The van der Waals surface area contributed by atoms with Gasteiger partial charge in [-0.05, 0) is 59.9 Å². The van der Waals surface area contributed by atoms with Crippen LogP contribution in [0.1, 0.15) is 54.0 Å². The summed E-state index contributed by atoms with van der Waals surface area (Å²) in [5.41, 5.74) is 8.78. The molecule has 0 fully saturated rings. The molecule has 0 aromatic heterocycles. The molecule has 2 nitrogen and oxygen atoms in total. The number of hydrogen-bond donors (Lipinski definition) is 1.